The summed E-state index contributed by atoms with van der Waals surface area (Å²) in [6, 6.07) is 47.0. The fourth-order valence-electron chi connectivity index (χ4n) is 6.18. The molecule has 0 saturated heterocycles. The smallest absolute Gasteiger partial charge is 0.135 e. The van der Waals surface area contributed by atoms with Crippen LogP contribution in [0, 0.1) is 0 Å². The molecule has 2 heterocycles. The van der Waals surface area contributed by atoms with Gasteiger partial charge < -0.3 is 9.32 Å². The zero-order valence-corrected chi connectivity index (χ0v) is 22.7. The van der Waals surface area contributed by atoms with Gasteiger partial charge in [0.05, 0.1) is 10.6 Å². The highest BCUT2D eigenvalue weighted by Crippen LogP contribution is 2.53. The van der Waals surface area contributed by atoms with Gasteiger partial charge in [-0.15, -0.1) is 11.3 Å². The SMILES string of the molecule is c1ccc(-c2nc3c(s2)-c2cccc4cc(N(c5ccccc5)c5ccc6oc7ccccc7c6c5)cc-3c24)cc1. The molecule has 3 nitrogen and oxygen atoms in total. The summed E-state index contributed by atoms with van der Waals surface area (Å²) in [7, 11) is 0. The number of fused-ring (bicyclic) bond motifs is 6. The fraction of sp³-hybridized carbons (Fsp3) is 0. The van der Waals surface area contributed by atoms with Crippen LogP contribution < -0.4 is 4.90 Å². The minimum Gasteiger partial charge on any atom is -0.456 e. The Balaban J connectivity index is 1.27. The second-order valence-electron chi connectivity index (χ2n) is 10.4. The first-order valence-electron chi connectivity index (χ1n) is 13.7. The molecule has 6 aromatic carbocycles. The highest BCUT2D eigenvalue weighted by atomic mass is 32.1. The Labute approximate surface area is 240 Å². The van der Waals surface area contributed by atoms with Crippen molar-refractivity contribution in [3.63, 3.8) is 0 Å². The number of aromatic nitrogens is 1. The van der Waals surface area contributed by atoms with E-state index in [1.54, 1.807) is 11.3 Å². The lowest BCUT2D eigenvalue weighted by molar-refractivity contribution is 0.669. The van der Waals surface area contributed by atoms with Crippen molar-refractivity contribution >= 4 is 61.1 Å². The number of thiazole rings is 1. The van der Waals surface area contributed by atoms with Crippen LogP contribution in [0.5, 0.6) is 0 Å². The van der Waals surface area contributed by atoms with Crippen LogP contribution in [0.15, 0.2) is 138 Å². The highest BCUT2D eigenvalue weighted by Gasteiger charge is 2.28. The van der Waals surface area contributed by atoms with Crippen LogP contribution in [-0.4, -0.2) is 4.98 Å². The van der Waals surface area contributed by atoms with E-state index in [9.17, 15) is 0 Å². The Kier molecular flexibility index (Phi) is 4.77. The van der Waals surface area contributed by atoms with Crippen molar-refractivity contribution in [3.05, 3.63) is 133 Å². The summed E-state index contributed by atoms with van der Waals surface area (Å²) in [5, 5.41) is 5.80. The third kappa shape index (κ3) is 3.41. The van der Waals surface area contributed by atoms with Gasteiger partial charge in [0.25, 0.3) is 0 Å². The largest absolute Gasteiger partial charge is 0.456 e. The van der Waals surface area contributed by atoms with Gasteiger partial charge in [-0.25, -0.2) is 4.98 Å². The predicted octanol–water partition coefficient (Wildman–Crippen LogP) is 11.0. The zero-order valence-electron chi connectivity index (χ0n) is 21.9. The Morgan fingerprint density at radius 2 is 1.34 bits per heavy atom. The maximum Gasteiger partial charge on any atom is 0.135 e. The number of para-hydroxylation sites is 2. The van der Waals surface area contributed by atoms with Gasteiger partial charge in [0.15, 0.2) is 0 Å². The summed E-state index contributed by atoms with van der Waals surface area (Å²) in [6.45, 7) is 0. The maximum absolute atomic E-state index is 6.15. The molecule has 1 aliphatic rings. The van der Waals surface area contributed by atoms with E-state index in [1.807, 2.05) is 12.1 Å². The van der Waals surface area contributed by atoms with Crippen LogP contribution in [-0.2, 0) is 0 Å². The summed E-state index contributed by atoms with van der Waals surface area (Å²) >= 11 is 1.78. The molecule has 4 heteroatoms. The summed E-state index contributed by atoms with van der Waals surface area (Å²) in [4.78, 5) is 8.79. The molecule has 0 radical (unpaired) electrons. The van der Waals surface area contributed by atoms with Crippen LogP contribution in [0.1, 0.15) is 0 Å². The van der Waals surface area contributed by atoms with E-state index in [4.69, 9.17) is 9.40 Å². The molecule has 1 aliphatic carbocycles. The maximum atomic E-state index is 6.15. The van der Waals surface area contributed by atoms with Crippen molar-refractivity contribution in [2.75, 3.05) is 4.90 Å². The van der Waals surface area contributed by atoms with Crippen LogP contribution >= 0.6 is 11.3 Å². The van der Waals surface area contributed by atoms with Gasteiger partial charge in [0.1, 0.15) is 16.2 Å². The van der Waals surface area contributed by atoms with Gasteiger partial charge in [-0.2, -0.15) is 0 Å². The first kappa shape index (κ1) is 22.6. The second kappa shape index (κ2) is 8.65. The molecule has 41 heavy (non-hydrogen) atoms. The van der Waals surface area contributed by atoms with Crippen molar-refractivity contribution < 1.29 is 4.42 Å². The van der Waals surface area contributed by atoms with Crippen molar-refractivity contribution in [1.29, 1.82) is 0 Å². The van der Waals surface area contributed by atoms with E-state index in [2.05, 4.69) is 126 Å². The van der Waals surface area contributed by atoms with E-state index in [0.29, 0.717) is 0 Å². The molecule has 0 unspecified atom stereocenters. The van der Waals surface area contributed by atoms with Crippen LogP contribution in [0.3, 0.4) is 0 Å². The van der Waals surface area contributed by atoms with E-state index in [0.717, 1.165) is 55.3 Å². The number of hydrogen-bond acceptors (Lipinski definition) is 4. The topological polar surface area (TPSA) is 29.3 Å². The number of benzene rings is 6. The van der Waals surface area contributed by atoms with Crippen molar-refractivity contribution in [3.8, 4) is 32.3 Å². The van der Waals surface area contributed by atoms with E-state index in [-0.39, 0.29) is 0 Å². The normalized spacial score (nSPS) is 11.9. The Morgan fingerprint density at radius 1 is 0.561 bits per heavy atom. The lowest BCUT2D eigenvalue weighted by Crippen LogP contribution is -2.10. The molecule has 0 amide bonds. The highest BCUT2D eigenvalue weighted by molar-refractivity contribution is 7.19. The predicted molar refractivity (Wildman–Crippen MR) is 171 cm³/mol. The second-order valence-corrected chi connectivity index (χ2v) is 11.4. The molecule has 0 N–H and O–H groups in total. The molecule has 8 aromatic rings. The minimum absolute atomic E-state index is 0.894. The first-order chi connectivity index (χ1) is 20.3. The summed E-state index contributed by atoms with van der Waals surface area (Å²) < 4.78 is 6.15. The third-order valence-corrected chi connectivity index (χ3v) is 9.14. The average Bonchev–Trinajstić information content (AvgIpc) is 3.71. The average molecular weight is 543 g/mol. The molecule has 0 saturated carbocycles. The molecule has 0 spiro atoms. The summed E-state index contributed by atoms with van der Waals surface area (Å²) in [6.07, 6.45) is 0. The van der Waals surface area contributed by atoms with Crippen LogP contribution in [0.2, 0.25) is 0 Å². The summed E-state index contributed by atoms with van der Waals surface area (Å²) in [5.41, 5.74) is 9.78. The Bertz CT molecular complexity index is 2260. The van der Waals surface area contributed by atoms with Gasteiger partial charge in [-0.05, 0) is 59.3 Å². The molecule has 192 valence electrons. The molecular weight excluding hydrogens is 520 g/mol. The Morgan fingerprint density at radius 3 is 2.22 bits per heavy atom. The fourth-order valence-corrected chi connectivity index (χ4v) is 7.30. The number of furan rings is 1. The van der Waals surface area contributed by atoms with Gasteiger partial charge >= 0.3 is 0 Å². The van der Waals surface area contributed by atoms with Gasteiger partial charge in [-0.3, -0.25) is 0 Å². The lowest BCUT2D eigenvalue weighted by Gasteiger charge is -2.26. The first-order valence-corrected chi connectivity index (χ1v) is 14.5. The monoisotopic (exact) mass is 542 g/mol. The zero-order chi connectivity index (χ0) is 26.9. The molecular formula is C37H22N2OS. The molecule has 0 bridgehead atoms. The van der Waals surface area contributed by atoms with Crippen molar-refractivity contribution in [1.82, 2.24) is 4.98 Å². The standard InChI is InChI=1S/C37H22N2OS/c1-3-10-23(11-4-1)37-38-35-31-22-27(20-24-12-9-16-29(34(24)31)36(35)41-37)39(25-13-5-2-6-14-25)26-18-19-33-30(21-26)28-15-7-8-17-32(28)40-33/h1-22H. The van der Waals surface area contributed by atoms with Crippen LogP contribution in [0.25, 0.3) is 65.0 Å². The summed E-state index contributed by atoms with van der Waals surface area (Å²) in [5.74, 6) is 0. The van der Waals surface area contributed by atoms with Gasteiger partial charge in [0, 0.05) is 44.5 Å². The number of nitrogens with zero attached hydrogens (tertiary/aromatic N) is 2. The Hall–Kier alpha value is -5.19. The quantitative estimate of drug-likeness (QED) is 0.221. The van der Waals surface area contributed by atoms with E-state index in [1.165, 1.54) is 26.8 Å². The number of anilines is 3. The lowest BCUT2D eigenvalue weighted by atomic mass is 10.0. The van der Waals surface area contributed by atoms with Crippen molar-refractivity contribution in [2.45, 2.75) is 0 Å². The number of rotatable bonds is 4. The minimum atomic E-state index is 0.894. The third-order valence-electron chi connectivity index (χ3n) is 8.00. The molecule has 2 aromatic heterocycles. The van der Waals surface area contributed by atoms with E-state index < -0.39 is 0 Å². The van der Waals surface area contributed by atoms with Crippen LogP contribution in [0.4, 0.5) is 17.1 Å². The molecule has 0 aliphatic heterocycles. The van der Waals surface area contributed by atoms with Gasteiger partial charge in [-0.1, -0.05) is 84.9 Å². The van der Waals surface area contributed by atoms with E-state index >= 15 is 0 Å². The van der Waals surface area contributed by atoms with Crippen molar-refractivity contribution in [2.24, 2.45) is 0 Å². The number of hydrogen-bond donors (Lipinski definition) is 0. The molecule has 0 fully saturated rings. The van der Waals surface area contributed by atoms with Gasteiger partial charge in [0.2, 0.25) is 0 Å². The molecule has 9 rings (SSSR count). The molecule has 0 atom stereocenters.